The minimum atomic E-state index is -0.273. The first-order valence-electron chi connectivity index (χ1n) is 7.96. The molecule has 1 unspecified atom stereocenters. The van der Waals surface area contributed by atoms with Gasteiger partial charge in [-0.2, -0.15) is 5.10 Å². The largest absolute Gasteiger partial charge is 0.392 e. The minimum Gasteiger partial charge on any atom is -0.392 e. The third-order valence-corrected chi connectivity index (χ3v) is 4.93. The lowest BCUT2D eigenvalue weighted by molar-refractivity contribution is 0.0519. The Hall–Kier alpha value is -0.900. The van der Waals surface area contributed by atoms with Gasteiger partial charge < -0.3 is 5.11 Å². The molecule has 4 heteroatoms. The molecule has 0 saturated heterocycles. The van der Waals surface area contributed by atoms with Gasteiger partial charge in [0.1, 0.15) is 12.2 Å². The fourth-order valence-corrected chi connectivity index (χ4v) is 3.43. The molecule has 1 heterocycles. The van der Waals surface area contributed by atoms with E-state index in [2.05, 4.69) is 37.8 Å². The van der Waals surface area contributed by atoms with Crippen LogP contribution in [0.5, 0.6) is 0 Å². The third kappa shape index (κ3) is 3.60. The molecule has 0 aromatic carbocycles. The van der Waals surface area contributed by atoms with Gasteiger partial charge in [-0.25, -0.2) is 4.98 Å². The summed E-state index contributed by atoms with van der Waals surface area (Å²) in [6, 6.07) is 0. The van der Waals surface area contributed by atoms with E-state index >= 15 is 0 Å². The van der Waals surface area contributed by atoms with Crippen LogP contribution in [0.15, 0.2) is 6.33 Å². The topological polar surface area (TPSA) is 50.9 Å². The molecule has 0 radical (unpaired) electrons. The summed E-state index contributed by atoms with van der Waals surface area (Å²) in [5, 5.41) is 14.6. The number of aromatic nitrogens is 3. The van der Waals surface area contributed by atoms with Gasteiger partial charge in [-0.3, -0.25) is 4.68 Å². The van der Waals surface area contributed by atoms with Crippen molar-refractivity contribution in [2.24, 2.45) is 17.3 Å². The molecule has 1 aliphatic rings. The summed E-state index contributed by atoms with van der Waals surface area (Å²) in [5.74, 6) is 2.14. The molecule has 0 bridgehead atoms. The van der Waals surface area contributed by atoms with Gasteiger partial charge in [0.2, 0.25) is 0 Å². The van der Waals surface area contributed by atoms with E-state index in [1.54, 1.807) is 6.33 Å². The first-order valence-corrected chi connectivity index (χ1v) is 7.96. The van der Waals surface area contributed by atoms with Crippen LogP contribution in [0.1, 0.15) is 59.2 Å². The molecular weight excluding hydrogens is 250 g/mol. The lowest BCUT2D eigenvalue weighted by Gasteiger charge is -2.38. The van der Waals surface area contributed by atoms with E-state index in [1.165, 1.54) is 12.8 Å². The summed E-state index contributed by atoms with van der Waals surface area (Å²) >= 11 is 0. The van der Waals surface area contributed by atoms with Gasteiger partial charge in [0.15, 0.2) is 0 Å². The number of hydrogen-bond donors (Lipinski definition) is 1. The van der Waals surface area contributed by atoms with Crippen molar-refractivity contribution in [3.63, 3.8) is 0 Å². The molecule has 1 fully saturated rings. The highest BCUT2D eigenvalue weighted by molar-refractivity contribution is 4.91. The highest BCUT2D eigenvalue weighted by Gasteiger charge is 2.32. The van der Waals surface area contributed by atoms with Crippen molar-refractivity contribution in [1.29, 1.82) is 0 Å². The Kier molecular flexibility index (Phi) is 4.84. The summed E-state index contributed by atoms with van der Waals surface area (Å²) in [4.78, 5) is 4.27. The summed E-state index contributed by atoms with van der Waals surface area (Å²) in [6.45, 7) is 9.87. The fraction of sp³-hybridized carbons (Fsp3) is 0.875. The number of nitrogens with zero attached hydrogens (tertiary/aromatic N) is 3. The van der Waals surface area contributed by atoms with Gasteiger partial charge >= 0.3 is 0 Å². The number of hydrogen-bond acceptors (Lipinski definition) is 3. The maximum absolute atomic E-state index is 10.5. The van der Waals surface area contributed by atoms with Crippen LogP contribution in [-0.2, 0) is 13.0 Å². The predicted octanol–water partition coefficient (Wildman–Crippen LogP) is 3.05. The van der Waals surface area contributed by atoms with Crippen LogP contribution in [0.2, 0.25) is 0 Å². The lowest BCUT2D eigenvalue weighted by Crippen LogP contribution is -2.32. The highest BCUT2D eigenvalue weighted by atomic mass is 16.3. The van der Waals surface area contributed by atoms with E-state index in [9.17, 15) is 5.11 Å². The number of aliphatic hydroxyl groups is 1. The average Bonchev–Trinajstić information content (AvgIpc) is 2.85. The standard InChI is InChI=1S/C16H29N3O/c1-5-19-15(17-11-18-19)10-14(20)12-6-8-13(9-7-12)16(2,3)4/h11-14,20H,5-10H2,1-4H3. The van der Waals surface area contributed by atoms with Gasteiger partial charge in [-0.05, 0) is 49.9 Å². The average molecular weight is 279 g/mol. The second kappa shape index (κ2) is 6.25. The molecule has 0 spiro atoms. The second-order valence-electron chi connectivity index (χ2n) is 7.24. The van der Waals surface area contributed by atoms with Crippen molar-refractivity contribution < 1.29 is 5.11 Å². The zero-order valence-electron chi connectivity index (χ0n) is 13.3. The van der Waals surface area contributed by atoms with Crippen LogP contribution in [0.25, 0.3) is 0 Å². The summed E-state index contributed by atoms with van der Waals surface area (Å²) in [5.41, 5.74) is 0.401. The zero-order valence-corrected chi connectivity index (χ0v) is 13.3. The van der Waals surface area contributed by atoms with E-state index < -0.39 is 0 Å². The molecule has 1 aromatic heterocycles. The number of rotatable bonds is 4. The van der Waals surface area contributed by atoms with Crippen LogP contribution in [-0.4, -0.2) is 26.0 Å². The van der Waals surface area contributed by atoms with Gasteiger partial charge in [-0.1, -0.05) is 20.8 Å². The van der Waals surface area contributed by atoms with Gasteiger partial charge in [0.25, 0.3) is 0 Å². The smallest absolute Gasteiger partial charge is 0.138 e. The van der Waals surface area contributed by atoms with E-state index in [0.29, 0.717) is 17.8 Å². The Balaban J connectivity index is 1.87. The molecule has 1 atom stereocenters. The van der Waals surface area contributed by atoms with Gasteiger partial charge in [0.05, 0.1) is 6.10 Å². The highest BCUT2D eigenvalue weighted by Crippen LogP contribution is 2.40. The summed E-state index contributed by atoms with van der Waals surface area (Å²) in [6.07, 6.45) is 6.72. The maximum atomic E-state index is 10.5. The quantitative estimate of drug-likeness (QED) is 0.921. The summed E-state index contributed by atoms with van der Waals surface area (Å²) in [7, 11) is 0. The fourth-order valence-electron chi connectivity index (χ4n) is 3.43. The lowest BCUT2D eigenvalue weighted by atomic mass is 9.68. The molecule has 2 rings (SSSR count). The Morgan fingerprint density at radius 1 is 1.30 bits per heavy atom. The second-order valence-corrected chi connectivity index (χ2v) is 7.24. The van der Waals surface area contributed by atoms with Gasteiger partial charge in [-0.15, -0.1) is 0 Å². The molecular formula is C16H29N3O. The molecule has 4 nitrogen and oxygen atoms in total. The Morgan fingerprint density at radius 2 is 1.95 bits per heavy atom. The molecule has 114 valence electrons. The molecule has 1 aliphatic carbocycles. The zero-order chi connectivity index (χ0) is 14.8. The van der Waals surface area contributed by atoms with Crippen molar-refractivity contribution in [3.8, 4) is 0 Å². The molecule has 20 heavy (non-hydrogen) atoms. The summed E-state index contributed by atoms with van der Waals surface area (Å²) < 4.78 is 1.88. The third-order valence-electron chi connectivity index (χ3n) is 4.93. The van der Waals surface area contributed by atoms with Crippen molar-refractivity contribution in [3.05, 3.63) is 12.2 Å². The maximum Gasteiger partial charge on any atom is 0.138 e. The van der Waals surface area contributed by atoms with Gasteiger partial charge in [0, 0.05) is 13.0 Å². The molecule has 0 aliphatic heterocycles. The van der Waals surface area contributed by atoms with Crippen molar-refractivity contribution in [1.82, 2.24) is 14.8 Å². The van der Waals surface area contributed by atoms with Crippen LogP contribution in [0.4, 0.5) is 0 Å². The Bertz CT molecular complexity index is 414. The van der Waals surface area contributed by atoms with E-state index in [1.807, 2.05) is 4.68 Å². The Labute approximate surface area is 122 Å². The van der Waals surface area contributed by atoms with Crippen LogP contribution in [0, 0.1) is 17.3 Å². The van der Waals surface area contributed by atoms with Crippen molar-refractivity contribution in [2.45, 2.75) is 72.4 Å². The van der Waals surface area contributed by atoms with Crippen LogP contribution in [0.3, 0.4) is 0 Å². The Morgan fingerprint density at radius 3 is 2.50 bits per heavy atom. The van der Waals surface area contributed by atoms with Crippen molar-refractivity contribution in [2.75, 3.05) is 0 Å². The minimum absolute atomic E-state index is 0.273. The van der Waals surface area contributed by atoms with Crippen LogP contribution < -0.4 is 0 Å². The first-order chi connectivity index (χ1) is 9.41. The van der Waals surface area contributed by atoms with E-state index in [-0.39, 0.29) is 6.10 Å². The molecule has 0 amide bonds. The SMILES string of the molecule is CCn1ncnc1CC(O)C1CCC(C(C)(C)C)CC1. The van der Waals surface area contributed by atoms with E-state index in [4.69, 9.17) is 0 Å². The predicted molar refractivity (Wildman–Crippen MR) is 80.3 cm³/mol. The monoisotopic (exact) mass is 279 g/mol. The number of aryl methyl sites for hydroxylation is 1. The first kappa shape index (κ1) is 15.5. The van der Waals surface area contributed by atoms with Crippen LogP contribution >= 0.6 is 0 Å². The molecule has 1 saturated carbocycles. The molecule has 1 N–H and O–H groups in total. The number of aliphatic hydroxyl groups excluding tert-OH is 1. The normalized spacial score (nSPS) is 25.6. The van der Waals surface area contributed by atoms with E-state index in [0.717, 1.165) is 31.1 Å². The molecule has 1 aromatic rings. The van der Waals surface area contributed by atoms with Crippen molar-refractivity contribution >= 4 is 0 Å².